The van der Waals surface area contributed by atoms with Crippen LogP contribution in [0.2, 0.25) is 0 Å². The summed E-state index contributed by atoms with van der Waals surface area (Å²) >= 11 is 0. The van der Waals surface area contributed by atoms with E-state index >= 15 is 0 Å². The minimum atomic E-state index is -0.513. The Hall–Kier alpha value is -3.15. The third-order valence-corrected chi connectivity index (χ3v) is 4.02. The lowest BCUT2D eigenvalue weighted by Gasteiger charge is -2.14. The lowest BCUT2D eigenvalue weighted by Crippen LogP contribution is -2.05. The predicted molar refractivity (Wildman–Crippen MR) is 94.7 cm³/mol. The summed E-state index contributed by atoms with van der Waals surface area (Å²) in [5, 5.41) is 30.7. The van der Waals surface area contributed by atoms with Crippen LogP contribution in [-0.2, 0) is 6.42 Å². The van der Waals surface area contributed by atoms with Crippen molar-refractivity contribution in [2.75, 3.05) is 7.11 Å². The Balaban J connectivity index is 2.49. The van der Waals surface area contributed by atoms with Gasteiger partial charge in [0.25, 0.3) is 0 Å². The number of hydrogen-bond acceptors (Lipinski definition) is 6. The van der Waals surface area contributed by atoms with E-state index < -0.39 is 5.43 Å². The van der Waals surface area contributed by atoms with Crippen molar-refractivity contribution < 1.29 is 24.5 Å². The van der Waals surface area contributed by atoms with Gasteiger partial charge in [0.05, 0.1) is 12.5 Å². The maximum Gasteiger partial charge on any atom is 0.205 e. The third kappa shape index (κ3) is 2.65. The fourth-order valence-electron chi connectivity index (χ4n) is 2.75. The molecule has 0 atom stereocenters. The van der Waals surface area contributed by atoms with Crippen molar-refractivity contribution in [3.05, 3.63) is 45.6 Å². The minimum Gasteiger partial charge on any atom is -0.508 e. The highest BCUT2D eigenvalue weighted by molar-refractivity contribution is 5.98. The summed E-state index contributed by atoms with van der Waals surface area (Å²) in [6, 6.07) is 4.10. The summed E-state index contributed by atoms with van der Waals surface area (Å²) in [4.78, 5) is 12.8. The molecular weight excluding hydrogens is 324 g/mol. The van der Waals surface area contributed by atoms with E-state index in [9.17, 15) is 20.1 Å². The standard InChI is InChI=1S/C19H18O6/c1-9(2)4-6-11-15(21)14-16(22)12-8-10(20)5-7-13(12)25-18(14)19(24-3)17(11)23/h4-5,7-8,20-21,23H,6H2,1-3H3. The number of ether oxygens (including phenoxy) is 1. The molecule has 0 spiro atoms. The Kier molecular flexibility index (Phi) is 4.04. The molecule has 0 amide bonds. The molecule has 130 valence electrons. The van der Waals surface area contributed by atoms with Crippen molar-refractivity contribution in [2.24, 2.45) is 0 Å². The highest BCUT2D eigenvalue weighted by Gasteiger charge is 2.24. The van der Waals surface area contributed by atoms with Gasteiger partial charge in [-0.25, -0.2) is 0 Å². The van der Waals surface area contributed by atoms with Crippen molar-refractivity contribution in [2.45, 2.75) is 20.3 Å². The summed E-state index contributed by atoms with van der Waals surface area (Å²) in [5.41, 5.74) is 0.832. The Morgan fingerprint density at radius 3 is 2.56 bits per heavy atom. The zero-order valence-electron chi connectivity index (χ0n) is 14.1. The second-order valence-corrected chi connectivity index (χ2v) is 6.01. The number of fused-ring (bicyclic) bond motifs is 2. The molecule has 0 aliphatic heterocycles. The van der Waals surface area contributed by atoms with Gasteiger partial charge in [0.15, 0.2) is 11.3 Å². The van der Waals surface area contributed by atoms with E-state index in [0.717, 1.165) is 5.57 Å². The molecule has 3 N–H and O–H groups in total. The summed E-state index contributed by atoms with van der Waals surface area (Å²) in [5.74, 6) is -0.734. The fraction of sp³-hybridized carbons (Fsp3) is 0.211. The van der Waals surface area contributed by atoms with Gasteiger partial charge in [-0.15, -0.1) is 0 Å². The molecule has 1 heterocycles. The zero-order chi connectivity index (χ0) is 18.3. The van der Waals surface area contributed by atoms with Crippen LogP contribution in [0.1, 0.15) is 19.4 Å². The molecule has 0 saturated heterocycles. The number of hydrogen-bond donors (Lipinski definition) is 3. The highest BCUT2D eigenvalue weighted by Crippen LogP contribution is 2.44. The average Bonchev–Trinajstić information content (AvgIpc) is 2.55. The van der Waals surface area contributed by atoms with Crippen LogP contribution in [0.3, 0.4) is 0 Å². The van der Waals surface area contributed by atoms with Crippen LogP contribution >= 0.6 is 0 Å². The first kappa shape index (κ1) is 16.7. The molecule has 3 rings (SSSR count). The lowest BCUT2D eigenvalue weighted by atomic mass is 10.0. The van der Waals surface area contributed by atoms with E-state index in [1.54, 1.807) is 0 Å². The molecule has 0 bridgehead atoms. The Bertz CT molecular complexity index is 1070. The van der Waals surface area contributed by atoms with E-state index in [0.29, 0.717) is 0 Å². The molecule has 0 fully saturated rings. The second kappa shape index (κ2) is 6.05. The highest BCUT2D eigenvalue weighted by atomic mass is 16.5. The molecular formula is C19H18O6. The van der Waals surface area contributed by atoms with Crippen LogP contribution < -0.4 is 10.2 Å². The summed E-state index contributed by atoms with van der Waals surface area (Å²) in [6.07, 6.45) is 2.04. The number of phenols is 3. The van der Waals surface area contributed by atoms with Gasteiger partial charge >= 0.3 is 0 Å². The maximum atomic E-state index is 12.8. The molecule has 6 heteroatoms. The fourth-order valence-corrected chi connectivity index (χ4v) is 2.75. The summed E-state index contributed by atoms with van der Waals surface area (Å²) in [6.45, 7) is 3.77. The van der Waals surface area contributed by atoms with Crippen LogP contribution in [-0.4, -0.2) is 22.4 Å². The van der Waals surface area contributed by atoms with Crippen LogP contribution in [0.5, 0.6) is 23.0 Å². The van der Waals surface area contributed by atoms with E-state index in [1.165, 1.54) is 25.3 Å². The maximum absolute atomic E-state index is 12.8. The summed E-state index contributed by atoms with van der Waals surface area (Å²) < 4.78 is 10.9. The largest absolute Gasteiger partial charge is 0.508 e. The van der Waals surface area contributed by atoms with E-state index in [1.807, 2.05) is 19.9 Å². The number of phenolic OH excluding ortho intramolecular Hbond substituents is 3. The average molecular weight is 342 g/mol. The van der Waals surface area contributed by atoms with Gasteiger partial charge in [-0.2, -0.15) is 0 Å². The van der Waals surface area contributed by atoms with E-state index in [2.05, 4.69) is 0 Å². The molecule has 0 unspecified atom stereocenters. The van der Waals surface area contributed by atoms with Gasteiger partial charge in [-0.1, -0.05) is 11.6 Å². The second-order valence-electron chi connectivity index (χ2n) is 6.01. The van der Waals surface area contributed by atoms with Crippen molar-refractivity contribution in [3.63, 3.8) is 0 Å². The van der Waals surface area contributed by atoms with E-state index in [-0.39, 0.29) is 56.9 Å². The molecule has 0 aliphatic carbocycles. The molecule has 2 aromatic carbocycles. The minimum absolute atomic E-state index is 0.0166. The topological polar surface area (TPSA) is 100 Å². The molecule has 0 saturated carbocycles. The Morgan fingerprint density at radius 1 is 1.20 bits per heavy atom. The monoisotopic (exact) mass is 342 g/mol. The first-order chi connectivity index (χ1) is 11.8. The van der Waals surface area contributed by atoms with Gasteiger partial charge < -0.3 is 24.5 Å². The Morgan fingerprint density at radius 2 is 1.92 bits per heavy atom. The van der Waals surface area contributed by atoms with Crippen LogP contribution in [0.25, 0.3) is 21.9 Å². The van der Waals surface area contributed by atoms with Gasteiger partial charge in [-0.05, 0) is 38.5 Å². The van der Waals surface area contributed by atoms with Crippen molar-refractivity contribution in [1.29, 1.82) is 0 Å². The molecule has 0 aliphatic rings. The van der Waals surface area contributed by atoms with Crippen LogP contribution in [0, 0.1) is 0 Å². The van der Waals surface area contributed by atoms with Crippen LogP contribution in [0.15, 0.2) is 39.1 Å². The quantitative estimate of drug-likeness (QED) is 0.497. The predicted octanol–water partition coefficient (Wildman–Crippen LogP) is 3.58. The SMILES string of the molecule is COc1c(O)c(CC=C(C)C)c(O)c2c(=O)c3cc(O)ccc3oc12. The van der Waals surface area contributed by atoms with Crippen molar-refractivity contribution in [3.8, 4) is 23.0 Å². The van der Waals surface area contributed by atoms with E-state index in [4.69, 9.17) is 9.15 Å². The number of rotatable bonds is 3. The first-order valence-corrected chi connectivity index (χ1v) is 7.68. The normalized spacial score (nSPS) is 11.0. The third-order valence-electron chi connectivity index (χ3n) is 4.02. The van der Waals surface area contributed by atoms with Gasteiger partial charge in [0.1, 0.15) is 22.5 Å². The number of benzene rings is 2. The Labute approximate surface area is 143 Å². The molecule has 6 nitrogen and oxygen atoms in total. The lowest BCUT2D eigenvalue weighted by molar-refractivity contribution is 0.365. The zero-order valence-corrected chi connectivity index (χ0v) is 14.1. The van der Waals surface area contributed by atoms with Crippen molar-refractivity contribution >= 4 is 21.9 Å². The smallest absolute Gasteiger partial charge is 0.205 e. The van der Waals surface area contributed by atoms with Crippen molar-refractivity contribution in [1.82, 2.24) is 0 Å². The van der Waals surface area contributed by atoms with Gasteiger partial charge in [0.2, 0.25) is 11.2 Å². The number of aromatic hydroxyl groups is 3. The molecule has 0 radical (unpaired) electrons. The molecule has 3 aromatic rings. The number of methoxy groups -OCH3 is 1. The number of allylic oxidation sites excluding steroid dienone is 2. The molecule has 25 heavy (non-hydrogen) atoms. The van der Waals surface area contributed by atoms with Gasteiger partial charge in [0, 0.05) is 5.56 Å². The summed E-state index contributed by atoms with van der Waals surface area (Å²) in [7, 11) is 1.34. The molecule has 1 aromatic heterocycles. The van der Waals surface area contributed by atoms with Gasteiger partial charge in [-0.3, -0.25) is 4.79 Å². The first-order valence-electron chi connectivity index (χ1n) is 7.68. The van der Waals surface area contributed by atoms with Crippen LogP contribution in [0.4, 0.5) is 0 Å².